The predicted octanol–water partition coefficient (Wildman–Crippen LogP) is 0.642. The molecule has 1 amide bonds. The fourth-order valence-corrected chi connectivity index (χ4v) is 0.638. The molecule has 13 heavy (non-hydrogen) atoms. The van der Waals surface area contributed by atoms with Crippen LogP contribution in [0.1, 0.15) is 34.1 Å². The van der Waals surface area contributed by atoms with Crippen molar-refractivity contribution in [3.63, 3.8) is 0 Å². The molecular weight excluding hydrogens is 164 g/mol. The molecule has 3 nitrogen and oxygen atoms in total. The van der Waals surface area contributed by atoms with Gasteiger partial charge in [-0.3, -0.25) is 4.79 Å². The van der Waals surface area contributed by atoms with Gasteiger partial charge in [-0.05, 0) is 27.2 Å². The minimum absolute atomic E-state index is 0.227. The van der Waals surface area contributed by atoms with Crippen molar-refractivity contribution in [2.75, 3.05) is 0 Å². The number of hydrogen-bond acceptors (Lipinski definition) is 2. The maximum atomic E-state index is 11.5. The highest BCUT2D eigenvalue weighted by Gasteiger charge is 2.28. The van der Waals surface area contributed by atoms with E-state index in [1.54, 1.807) is 20.8 Å². The molecule has 0 aliphatic rings. The van der Waals surface area contributed by atoms with Crippen molar-refractivity contribution in [1.82, 2.24) is 5.32 Å². The van der Waals surface area contributed by atoms with Gasteiger partial charge in [-0.25, -0.2) is 0 Å². The SMILES string of the molecule is C#CC(C)(CC)NC(=O)C(C)(C)N. The molecule has 0 rings (SSSR count). The first-order valence-corrected chi connectivity index (χ1v) is 4.34. The number of nitrogens with two attached hydrogens (primary N) is 1. The summed E-state index contributed by atoms with van der Waals surface area (Å²) in [7, 11) is 0. The van der Waals surface area contributed by atoms with Gasteiger partial charge >= 0.3 is 0 Å². The smallest absolute Gasteiger partial charge is 0.240 e. The number of amides is 1. The van der Waals surface area contributed by atoms with Gasteiger partial charge in [0.2, 0.25) is 5.91 Å². The first-order chi connectivity index (χ1) is 5.75. The highest BCUT2D eigenvalue weighted by molar-refractivity contribution is 5.86. The number of carbonyl (C=O) groups is 1. The van der Waals surface area contributed by atoms with Crippen LogP contribution in [-0.2, 0) is 4.79 Å². The number of rotatable bonds is 3. The topological polar surface area (TPSA) is 55.1 Å². The Morgan fingerprint density at radius 1 is 1.54 bits per heavy atom. The Morgan fingerprint density at radius 3 is 2.23 bits per heavy atom. The maximum Gasteiger partial charge on any atom is 0.240 e. The fourth-order valence-electron chi connectivity index (χ4n) is 0.638. The molecule has 3 heteroatoms. The molecular formula is C10H18N2O. The molecule has 0 aliphatic heterocycles. The molecule has 0 spiro atoms. The quantitative estimate of drug-likeness (QED) is 0.629. The minimum atomic E-state index is -0.882. The van der Waals surface area contributed by atoms with Crippen LogP contribution in [0.25, 0.3) is 0 Å². The normalized spacial score (nSPS) is 15.7. The van der Waals surface area contributed by atoms with Crippen molar-refractivity contribution in [2.24, 2.45) is 5.73 Å². The Hall–Kier alpha value is -1.01. The summed E-state index contributed by atoms with van der Waals surface area (Å²) in [6, 6.07) is 0. The summed E-state index contributed by atoms with van der Waals surface area (Å²) in [6.45, 7) is 7.02. The van der Waals surface area contributed by atoms with E-state index in [1.165, 1.54) is 0 Å². The maximum absolute atomic E-state index is 11.5. The average molecular weight is 182 g/mol. The molecule has 0 radical (unpaired) electrons. The van der Waals surface area contributed by atoms with Crippen molar-refractivity contribution in [3.05, 3.63) is 0 Å². The number of terminal acetylenes is 1. The van der Waals surface area contributed by atoms with Gasteiger partial charge < -0.3 is 11.1 Å². The predicted molar refractivity (Wildman–Crippen MR) is 53.9 cm³/mol. The molecule has 0 aromatic heterocycles. The van der Waals surface area contributed by atoms with Gasteiger partial charge in [-0.15, -0.1) is 6.42 Å². The lowest BCUT2D eigenvalue weighted by Gasteiger charge is -2.28. The molecule has 0 bridgehead atoms. The first kappa shape index (κ1) is 12.0. The van der Waals surface area contributed by atoms with Gasteiger partial charge in [-0.1, -0.05) is 12.8 Å². The van der Waals surface area contributed by atoms with E-state index in [9.17, 15) is 4.79 Å². The zero-order chi connectivity index (χ0) is 10.7. The summed E-state index contributed by atoms with van der Waals surface area (Å²) in [5, 5.41) is 2.73. The van der Waals surface area contributed by atoms with Crippen LogP contribution in [0, 0.1) is 12.3 Å². The van der Waals surface area contributed by atoms with E-state index >= 15 is 0 Å². The van der Waals surface area contributed by atoms with Crippen LogP contribution in [0.5, 0.6) is 0 Å². The monoisotopic (exact) mass is 182 g/mol. The Bertz CT molecular complexity index is 234. The first-order valence-electron chi connectivity index (χ1n) is 4.34. The number of carbonyl (C=O) groups excluding carboxylic acids is 1. The zero-order valence-corrected chi connectivity index (χ0v) is 8.77. The van der Waals surface area contributed by atoms with Crippen molar-refractivity contribution < 1.29 is 4.79 Å². The van der Waals surface area contributed by atoms with Gasteiger partial charge in [0.1, 0.15) is 0 Å². The molecule has 3 N–H and O–H groups in total. The van der Waals surface area contributed by atoms with Crippen LogP contribution in [-0.4, -0.2) is 17.0 Å². The van der Waals surface area contributed by atoms with Gasteiger partial charge in [0.25, 0.3) is 0 Å². The van der Waals surface area contributed by atoms with Crippen LogP contribution in [0.3, 0.4) is 0 Å². The van der Waals surface area contributed by atoms with E-state index in [0.717, 1.165) is 0 Å². The van der Waals surface area contributed by atoms with Gasteiger partial charge in [0.05, 0.1) is 11.1 Å². The summed E-state index contributed by atoms with van der Waals surface area (Å²) in [5.41, 5.74) is 4.14. The van der Waals surface area contributed by atoms with Crippen molar-refractivity contribution >= 4 is 5.91 Å². The second-order valence-corrected chi connectivity index (χ2v) is 4.01. The molecule has 0 aromatic carbocycles. The molecule has 0 saturated heterocycles. The second kappa shape index (κ2) is 3.80. The molecule has 0 heterocycles. The molecule has 0 aliphatic carbocycles. The lowest BCUT2D eigenvalue weighted by Crippen LogP contribution is -2.56. The van der Waals surface area contributed by atoms with Crippen LogP contribution in [0.2, 0.25) is 0 Å². The lowest BCUT2D eigenvalue weighted by molar-refractivity contribution is -0.126. The van der Waals surface area contributed by atoms with Crippen molar-refractivity contribution in [3.8, 4) is 12.3 Å². The van der Waals surface area contributed by atoms with E-state index in [1.807, 2.05) is 6.92 Å². The highest BCUT2D eigenvalue weighted by Crippen LogP contribution is 2.09. The van der Waals surface area contributed by atoms with Gasteiger partial charge in [0.15, 0.2) is 0 Å². The Morgan fingerprint density at radius 2 is 2.00 bits per heavy atom. The molecule has 1 atom stereocenters. The van der Waals surface area contributed by atoms with Crippen LogP contribution in [0.4, 0.5) is 0 Å². The van der Waals surface area contributed by atoms with Crippen LogP contribution >= 0.6 is 0 Å². The minimum Gasteiger partial charge on any atom is -0.338 e. The van der Waals surface area contributed by atoms with E-state index in [-0.39, 0.29) is 5.91 Å². The largest absolute Gasteiger partial charge is 0.338 e. The zero-order valence-electron chi connectivity index (χ0n) is 8.77. The highest BCUT2D eigenvalue weighted by atomic mass is 16.2. The Labute approximate surface area is 80.1 Å². The van der Waals surface area contributed by atoms with Crippen LogP contribution < -0.4 is 11.1 Å². The summed E-state index contributed by atoms with van der Waals surface area (Å²) in [5.74, 6) is 2.32. The Balaban J connectivity index is 4.47. The van der Waals surface area contributed by atoms with Crippen molar-refractivity contribution in [1.29, 1.82) is 0 Å². The van der Waals surface area contributed by atoms with Crippen LogP contribution in [0.15, 0.2) is 0 Å². The standard InChI is InChI=1S/C10H18N2O/c1-6-10(5,7-2)12-8(13)9(3,4)11/h1H,7,11H2,2-5H3,(H,12,13). The average Bonchev–Trinajstić information content (AvgIpc) is 2.02. The molecule has 0 saturated carbocycles. The van der Waals surface area contributed by atoms with E-state index < -0.39 is 11.1 Å². The molecule has 1 unspecified atom stereocenters. The van der Waals surface area contributed by atoms with E-state index in [2.05, 4.69) is 11.2 Å². The summed E-state index contributed by atoms with van der Waals surface area (Å²) >= 11 is 0. The lowest BCUT2D eigenvalue weighted by atomic mass is 9.97. The molecule has 0 fully saturated rings. The number of nitrogens with one attached hydrogen (secondary N) is 1. The third kappa shape index (κ3) is 3.47. The third-order valence-corrected chi connectivity index (χ3v) is 2.00. The Kier molecular flexibility index (Phi) is 3.50. The summed E-state index contributed by atoms with van der Waals surface area (Å²) < 4.78 is 0. The fraction of sp³-hybridized carbons (Fsp3) is 0.700. The second-order valence-electron chi connectivity index (χ2n) is 4.01. The van der Waals surface area contributed by atoms with Crippen molar-refractivity contribution in [2.45, 2.75) is 45.2 Å². The van der Waals surface area contributed by atoms with E-state index in [0.29, 0.717) is 6.42 Å². The van der Waals surface area contributed by atoms with Gasteiger partial charge in [0, 0.05) is 0 Å². The summed E-state index contributed by atoms with van der Waals surface area (Å²) in [6.07, 6.45) is 5.99. The summed E-state index contributed by atoms with van der Waals surface area (Å²) in [4.78, 5) is 11.5. The van der Waals surface area contributed by atoms with Gasteiger partial charge in [-0.2, -0.15) is 0 Å². The third-order valence-electron chi connectivity index (χ3n) is 2.00. The van der Waals surface area contributed by atoms with E-state index in [4.69, 9.17) is 12.2 Å². The molecule has 74 valence electrons. The molecule has 0 aromatic rings. The number of hydrogen-bond donors (Lipinski definition) is 2.